The Balaban J connectivity index is 1.94. The van der Waals surface area contributed by atoms with Crippen LogP contribution in [0.25, 0.3) is 0 Å². The average Bonchev–Trinajstić information content (AvgIpc) is 2.33. The Morgan fingerprint density at radius 2 is 2.15 bits per heavy atom. The number of benzene rings is 1. The minimum atomic E-state index is 0.0417. The van der Waals surface area contributed by atoms with E-state index in [1.54, 1.807) is 0 Å². The maximum absolute atomic E-state index is 12.2. The third-order valence-corrected chi connectivity index (χ3v) is 4.01. The number of aryl methyl sites for hydroxylation is 1. The first-order valence-corrected chi connectivity index (χ1v) is 7.29. The van der Waals surface area contributed by atoms with Crippen LogP contribution in [-0.2, 0) is 4.79 Å². The number of hydrogen-bond donors (Lipinski definition) is 2. The summed E-state index contributed by atoms with van der Waals surface area (Å²) < 4.78 is 0. The second-order valence-corrected chi connectivity index (χ2v) is 6.09. The van der Waals surface area contributed by atoms with Crippen LogP contribution < -0.4 is 11.1 Å². The number of likely N-dealkylation sites (tertiary alicyclic amines) is 1. The van der Waals surface area contributed by atoms with E-state index in [0.717, 1.165) is 30.8 Å². The van der Waals surface area contributed by atoms with Crippen LogP contribution in [0.5, 0.6) is 0 Å². The van der Waals surface area contributed by atoms with Gasteiger partial charge in [-0.3, -0.25) is 9.69 Å². The number of carbonyl (C=O) groups excluding carboxylic acids is 1. The number of carbonyl (C=O) groups is 1. The fourth-order valence-corrected chi connectivity index (χ4v) is 2.92. The molecule has 0 bridgehead atoms. The van der Waals surface area contributed by atoms with Crippen LogP contribution in [0.3, 0.4) is 0 Å². The van der Waals surface area contributed by atoms with Gasteiger partial charge in [0.2, 0.25) is 5.91 Å². The first kappa shape index (κ1) is 15.0. The number of amides is 1. The molecule has 0 saturated carbocycles. The highest BCUT2D eigenvalue weighted by molar-refractivity contribution is 5.93. The quantitative estimate of drug-likeness (QED) is 0.886. The SMILES string of the molecule is Cc1cccc(NC(=O)CN2CC(C)CC(N)C2)c1C. The van der Waals surface area contributed by atoms with Crippen LogP contribution in [-0.4, -0.2) is 36.5 Å². The van der Waals surface area contributed by atoms with Crippen molar-refractivity contribution < 1.29 is 4.79 Å². The van der Waals surface area contributed by atoms with E-state index in [-0.39, 0.29) is 11.9 Å². The van der Waals surface area contributed by atoms with Crippen LogP contribution in [0.15, 0.2) is 18.2 Å². The Bertz CT molecular complexity index is 477. The molecule has 4 heteroatoms. The Morgan fingerprint density at radius 3 is 2.85 bits per heavy atom. The molecule has 1 aliphatic rings. The van der Waals surface area contributed by atoms with E-state index in [2.05, 4.69) is 30.1 Å². The highest BCUT2D eigenvalue weighted by Gasteiger charge is 2.23. The van der Waals surface area contributed by atoms with Crippen molar-refractivity contribution in [2.45, 2.75) is 33.2 Å². The third kappa shape index (κ3) is 3.81. The molecule has 4 nitrogen and oxygen atoms in total. The second kappa shape index (κ2) is 6.37. The summed E-state index contributed by atoms with van der Waals surface area (Å²) >= 11 is 0. The van der Waals surface area contributed by atoms with Gasteiger partial charge in [0.1, 0.15) is 0 Å². The Morgan fingerprint density at radius 1 is 1.40 bits per heavy atom. The largest absolute Gasteiger partial charge is 0.327 e. The summed E-state index contributed by atoms with van der Waals surface area (Å²) in [4.78, 5) is 14.3. The minimum absolute atomic E-state index is 0.0417. The molecule has 1 saturated heterocycles. The summed E-state index contributed by atoms with van der Waals surface area (Å²) in [5, 5.41) is 3.01. The predicted octanol–water partition coefficient (Wildman–Crippen LogP) is 1.91. The van der Waals surface area contributed by atoms with Gasteiger partial charge in [-0.25, -0.2) is 0 Å². The summed E-state index contributed by atoms with van der Waals surface area (Å²) in [5.74, 6) is 0.604. The summed E-state index contributed by atoms with van der Waals surface area (Å²) in [6.45, 7) is 8.46. The van der Waals surface area contributed by atoms with Crippen LogP contribution in [0, 0.1) is 19.8 Å². The van der Waals surface area contributed by atoms with Crippen molar-refractivity contribution in [2.75, 3.05) is 25.0 Å². The van der Waals surface area contributed by atoms with Crippen molar-refractivity contribution in [3.63, 3.8) is 0 Å². The zero-order chi connectivity index (χ0) is 14.7. The van der Waals surface area contributed by atoms with Gasteiger partial charge in [0, 0.05) is 24.8 Å². The van der Waals surface area contributed by atoms with Gasteiger partial charge in [-0.15, -0.1) is 0 Å². The fourth-order valence-electron chi connectivity index (χ4n) is 2.92. The molecule has 1 fully saturated rings. The first-order valence-electron chi connectivity index (χ1n) is 7.29. The average molecular weight is 275 g/mol. The molecule has 1 heterocycles. The topological polar surface area (TPSA) is 58.4 Å². The van der Waals surface area contributed by atoms with Crippen LogP contribution in [0.2, 0.25) is 0 Å². The lowest BCUT2D eigenvalue weighted by Crippen LogP contribution is -2.48. The van der Waals surface area contributed by atoms with Gasteiger partial charge >= 0.3 is 0 Å². The van der Waals surface area contributed by atoms with Crippen molar-refractivity contribution in [3.05, 3.63) is 29.3 Å². The van der Waals surface area contributed by atoms with Gasteiger partial charge in [0.25, 0.3) is 0 Å². The summed E-state index contributed by atoms with van der Waals surface area (Å²) in [6.07, 6.45) is 1.05. The standard InChI is InChI=1S/C16H25N3O/c1-11-7-14(17)9-19(8-11)10-16(20)18-15-6-4-5-12(2)13(15)3/h4-6,11,14H,7-10,17H2,1-3H3,(H,18,20). The molecular weight excluding hydrogens is 250 g/mol. The Labute approximate surface area is 121 Å². The van der Waals surface area contributed by atoms with Crippen LogP contribution in [0.4, 0.5) is 5.69 Å². The fraction of sp³-hybridized carbons (Fsp3) is 0.562. The minimum Gasteiger partial charge on any atom is -0.327 e. The van der Waals surface area contributed by atoms with Gasteiger partial charge in [-0.2, -0.15) is 0 Å². The molecule has 0 radical (unpaired) electrons. The molecule has 2 atom stereocenters. The number of nitrogens with one attached hydrogen (secondary N) is 1. The molecule has 1 aromatic rings. The van der Waals surface area contributed by atoms with Gasteiger partial charge in [0.15, 0.2) is 0 Å². The number of rotatable bonds is 3. The van der Waals surface area contributed by atoms with E-state index < -0.39 is 0 Å². The zero-order valence-electron chi connectivity index (χ0n) is 12.6. The monoisotopic (exact) mass is 275 g/mol. The van der Waals surface area contributed by atoms with Crippen molar-refractivity contribution in [3.8, 4) is 0 Å². The molecule has 3 N–H and O–H groups in total. The van der Waals surface area contributed by atoms with Crippen molar-refractivity contribution >= 4 is 11.6 Å². The van der Waals surface area contributed by atoms with Crippen molar-refractivity contribution in [2.24, 2.45) is 11.7 Å². The van der Waals surface area contributed by atoms with Gasteiger partial charge in [0.05, 0.1) is 6.54 Å². The zero-order valence-corrected chi connectivity index (χ0v) is 12.6. The lowest BCUT2D eigenvalue weighted by Gasteiger charge is -2.34. The molecule has 2 unspecified atom stereocenters. The molecule has 1 aliphatic heterocycles. The molecule has 20 heavy (non-hydrogen) atoms. The Hall–Kier alpha value is -1.39. The highest BCUT2D eigenvalue weighted by atomic mass is 16.2. The maximum atomic E-state index is 12.2. The normalized spacial score (nSPS) is 23.6. The molecular formula is C16H25N3O. The predicted molar refractivity (Wildman–Crippen MR) is 82.7 cm³/mol. The smallest absolute Gasteiger partial charge is 0.238 e. The highest BCUT2D eigenvalue weighted by Crippen LogP contribution is 2.18. The number of nitrogens with two attached hydrogens (primary N) is 1. The molecule has 1 aromatic carbocycles. The van der Waals surface area contributed by atoms with Crippen LogP contribution in [0.1, 0.15) is 24.5 Å². The van der Waals surface area contributed by atoms with E-state index in [1.807, 2.05) is 19.1 Å². The number of nitrogens with zero attached hydrogens (tertiary/aromatic N) is 1. The number of piperidine rings is 1. The van der Waals surface area contributed by atoms with E-state index in [9.17, 15) is 4.79 Å². The van der Waals surface area contributed by atoms with Crippen LogP contribution >= 0.6 is 0 Å². The first-order chi connectivity index (χ1) is 9.45. The maximum Gasteiger partial charge on any atom is 0.238 e. The number of anilines is 1. The van der Waals surface area contributed by atoms with Crippen molar-refractivity contribution in [1.82, 2.24) is 4.90 Å². The van der Waals surface area contributed by atoms with Gasteiger partial charge in [-0.1, -0.05) is 19.1 Å². The molecule has 2 rings (SSSR count). The molecule has 0 aromatic heterocycles. The molecule has 0 aliphatic carbocycles. The molecule has 0 spiro atoms. The van der Waals surface area contributed by atoms with E-state index in [1.165, 1.54) is 5.56 Å². The van der Waals surface area contributed by atoms with E-state index in [0.29, 0.717) is 12.5 Å². The molecule has 1 amide bonds. The third-order valence-electron chi connectivity index (χ3n) is 4.01. The summed E-state index contributed by atoms with van der Waals surface area (Å²) in [5.41, 5.74) is 9.24. The van der Waals surface area contributed by atoms with Gasteiger partial charge in [-0.05, 0) is 43.4 Å². The van der Waals surface area contributed by atoms with Gasteiger partial charge < -0.3 is 11.1 Å². The number of hydrogen-bond acceptors (Lipinski definition) is 3. The van der Waals surface area contributed by atoms with E-state index >= 15 is 0 Å². The van der Waals surface area contributed by atoms with E-state index in [4.69, 9.17) is 5.73 Å². The van der Waals surface area contributed by atoms with Crippen molar-refractivity contribution in [1.29, 1.82) is 0 Å². The lowest BCUT2D eigenvalue weighted by molar-refractivity contribution is -0.117. The lowest BCUT2D eigenvalue weighted by atomic mass is 9.97. The summed E-state index contributed by atoms with van der Waals surface area (Å²) in [6, 6.07) is 6.16. The second-order valence-electron chi connectivity index (χ2n) is 6.09. The Kier molecular flexibility index (Phi) is 4.78. The summed E-state index contributed by atoms with van der Waals surface area (Å²) in [7, 11) is 0. The molecule has 110 valence electrons.